The first-order chi connectivity index (χ1) is 13.9. The summed E-state index contributed by atoms with van der Waals surface area (Å²) in [7, 11) is 0. The van der Waals surface area contributed by atoms with E-state index in [4.69, 9.17) is 32.6 Å². The molecule has 0 saturated heterocycles. The number of nitrogens with zero attached hydrogens (tertiary/aromatic N) is 3. The van der Waals surface area contributed by atoms with Crippen molar-refractivity contribution >= 4 is 46.9 Å². The average molecular weight is 435 g/mol. The van der Waals surface area contributed by atoms with Gasteiger partial charge in [-0.25, -0.2) is 4.79 Å². The summed E-state index contributed by atoms with van der Waals surface area (Å²) in [6, 6.07) is 10.8. The van der Waals surface area contributed by atoms with E-state index in [0.29, 0.717) is 15.6 Å². The molecule has 1 aromatic heterocycles. The molecular weight excluding hydrogens is 423 g/mol. The number of carbonyl (C=O) groups is 1. The van der Waals surface area contributed by atoms with Crippen LogP contribution in [0.3, 0.4) is 0 Å². The summed E-state index contributed by atoms with van der Waals surface area (Å²) in [6.07, 6.45) is 0.0971. The average Bonchev–Trinajstić information content (AvgIpc) is 3.02. The van der Waals surface area contributed by atoms with Crippen molar-refractivity contribution in [2.45, 2.75) is 6.92 Å². The number of halogens is 2. The summed E-state index contributed by atoms with van der Waals surface area (Å²) in [6.45, 7) is 1.58. The van der Waals surface area contributed by atoms with E-state index in [0.717, 1.165) is 6.21 Å². The molecule has 3 rings (SSSR count). The number of hydrogen-bond acceptors (Lipinski definition) is 7. The number of aryl methyl sites for hydroxylation is 1. The summed E-state index contributed by atoms with van der Waals surface area (Å²) >= 11 is 12.4. The van der Waals surface area contributed by atoms with Gasteiger partial charge in [0.2, 0.25) is 0 Å². The highest BCUT2D eigenvalue weighted by Gasteiger charge is 2.22. The van der Waals surface area contributed by atoms with Gasteiger partial charge < -0.3 is 4.52 Å². The summed E-state index contributed by atoms with van der Waals surface area (Å²) in [4.78, 5) is 27.2. The second-order valence-electron chi connectivity index (χ2n) is 5.61. The molecule has 0 atom stereocenters. The zero-order valence-electron chi connectivity index (χ0n) is 14.8. The van der Waals surface area contributed by atoms with Crippen LogP contribution in [0.5, 0.6) is 0 Å². The lowest BCUT2D eigenvalue weighted by Gasteiger charge is -2.07. The number of nitro benzene ring substituents is 1. The Morgan fingerprint density at radius 1 is 1.24 bits per heavy atom. The summed E-state index contributed by atoms with van der Waals surface area (Å²) in [5.41, 5.74) is 0.802. The molecule has 11 heteroatoms. The van der Waals surface area contributed by atoms with Crippen LogP contribution in [0.25, 0.3) is 11.3 Å². The molecule has 29 heavy (non-hydrogen) atoms. The molecule has 0 radical (unpaired) electrons. The predicted molar refractivity (Wildman–Crippen MR) is 107 cm³/mol. The van der Waals surface area contributed by atoms with E-state index >= 15 is 0 Å². The standard InChI is InChI=1S/C18H12Cl2N4O5/c1-10-16(17(23-28-10)15-12(19)6-4-7-13(15)20)22-18(25)29-21-9-11-5-2-3-8-14(11)24(26)27/h2-9H,1H3,(H,22,25)/b21-9-. The Balaban J connectivity index is 1.78. The number of aromatic nitrogens is 1. The molecule has 1 heterocycles. The van der Waals surface area contributed by atoms with Crippen molar-refractivity contribution in [2.75, 3.05) is 5.32 Å². The number of rotatable bonds is 5. The molecule has 0 unspecified atom stereocenters. The highest BCUT2D eigenvalue weighted by molar-refractivity contribution is 6.39. The van der Waals surface area contributed by atoms with Gasteiger partial charge in [-0.1, -0.05) is 51.7 Å². The van der Waals surface area contributed by atoms with E-state index in [9.17, 15) is 14.9 Å². The Bertz CT molecular complexity index is 1090. The maximum Gasteiger partial charge on any atom is 0.438 e. The molecule has 0 fully saturated rings. The summed E-state index contributed by atoms with van der Waals surface area (Å²) in [5.74, 6) is 0.288. The fourth-order valence-electron chi connectivity index (χ4n) is 2.43. The molecule has 0 aliphatic heterocycles. The lowest BCUT2D eigenvalue weighted by Crippen LogP contribution is -2.12. The zero-order chi connectivity index (χ0) is 21.0. The van der Waals surface area contributed by atoms with Gasteiger partial charge in [0.1, 0.15) is 11.4 Å². The van der Waals surface area contributed by atoms with Crippen molar-refractivity contribution in [1.82, 2.24) is 5.16 Å². The fraction of sp³-hybridized carbons (Fsp3) is 0.0556. The Kier molecular flexibility index (Phi) is 6.10. The molecule has 0 aliphatic carbocycles. The number of carbonyl (C=O) groups excluding carboxylic acids is 1. The zero-order valence-corrected chi connectivity index (χ0v) is 16.3. The van der Waals surface area contributed by atoms with Crippen LogP contribution in [-0.4, -0.2) is 22.4 Å². The van der Waals surface area contributed by atoms with Crippen LogP contribution in [0.2, 0.25) is 10.0 Å². The Morgan fingerprint density at radius 2 is 1.93 bits per heavy atom. The number of benzene rings is 2. The lowest BCUT2D eigenvalue weighted by molar-refractivity contribution is -0.385. The predicted octanol–water partition coefficient (Wildman–Crippen LogP) is 5.45. The third-order valence-electron chi connectivity index (χ3n) is 3.75. The summed E-state index contributed by atoms with van der Waals surface area (Å²) < 4.78 is 5.13. The van der Waals surface area contributed by atoms with Crippen molar-refractivity contribution in [3.8, 4) is 11.3 Å². The number of oxime groups is 1. The maximum absolute atomic E-state index is 12.1. The van der Waals surface area contributed by atoms with Gasteiger partial charge in [-0.3, -0.25) is 20.3 Å². The SMILES string of the molecule is Cc1onc(-c2c(Cl)cccc2Cl)c1NC(=O)O/N=C\c1ccccc1[N+](=O)[O-]. The van der Waals surface area contributed by atoms with Crippen LogP contribution in [0.15, 0.2) is 52.1 Å². The first kappa shape index (κ1) is 20.3. The van der Waals surface area contributed by atoms with E-state index in [1.54, 1.807) is 31.2 Å². The number of nitro groups is 1. The minimum Gasteiger partial charge on any atom is -0.359 e. The van der Waals surface area contributed by atoms with Crippen molar-refractivity contribution in [3.05, 3.63) is 73.9 Å². The van der Waals surface area contributed by atoms with Gasteiger partial charge in [0, 0.05) is 11.6 Å². The lowest BCUT2D eigenvalue weighted by atomic mass is 10.1. The minimum absolute atomic E-state index is 0.175. The normalized spacial score (nSPS) is 10.9. The van der Waals surface area contributed by atoms with E-state index in [1.807, 2.05) is 0 Å². The topological polar surface area (TPSA) is 120 Å². The molecule has 0 aliphatic rings. The Hall–Kier alpha value is -3.43. The van der Waals surface area contributed by atoms with Crippen LogP contribution < -0.4 is 5.32 Å². The Morgan fingerprint density at radius 3 is 2.62 bits per heavy atom. The van der Waals surface area contributed by atoms with Gasteiger partial charge in [-0.15, -0.1) is 0 Å². The van der Waals surface area contributed by atoms with Crippen LogP contribution in [-0.2, 0) is 4.84 Å². The van der Waals surface area contributed by atoms with Crippen LogP contribution in [0.4, 0.5) is 16.2 Å². The largest absolute Gasteiger partial charge is 0.438 e. The van der Waals surface area contributed by atoms with E-state index in [2.05, 4.69) is 15.6 Å². The molecule has 1 N–H and O–H groups in total. The Labute approximate surface area is 174 Å². The molecule has 0 spiro atoms. The van der Waals surface area contributed by atoms with Crippen molar-refractivity contribution in [2.24, 2.45) is 5.16 Å². The van der Waals surface area contributed by atoms with Gasteiger partial charge >= 0.3 is 6.09 Å². The smallest absolute Gasteiger partial charge is 0.359 e. The molecule has 3 aromatic rings. The van der Waals surface area contributed by atoms with Gasteiger partial charge in [-0.2, -0.15) is 0 Å². The van der Waals surface area contributed by atoms with Gasteiger partial charge in [0.15, 0.2) is 5.76 Å². The van der Waals surface area contributed by atoms with Crippen LogP contribution in [0, 0.1) is 17.0 Å². The van der Waals surface area contributed by atoms with Crippen molar-refractivity contribution < 1.29 is 19.1 Å². The third-order valence-corrected chi connectivity index (χ3v) is 4.38. The highest BCUT2D eigenvalue weighted by atomic mass is 35.5. The second-order valence-corrected chi connectivity index (χ2v) is 6.43. The van der Waals surface area contributed by atoms with Gasteiger partial charge in [-0.05, 0) is 25.1 Å². The van der Waals surface area contributed by atoms with Gasteiger partial charge in [0.25, 0.3) is 5.69 Å². The van der Waals surface area contributed by atoms with Crippen molar-refractivity contribution in [3.63, 3.8) is 0 Å². The number of nitrogens with one attached hydrogen (secondary N) is 1. The number of anilines is 1. The first-order valence-electron chi connectivity index (χ1n) is 8.04. The van der Waals surface area contributed by atoms with Crippen LogP contribution in [0.1, 0.15) is 11.3 Å². The van der Waals surface area contributed by atoms with E-state index < -0.39 is 11.0 Å². The molecule has 0 bridgehead atoms. The maximum atomic E-state index is 12.1. The number of para-hydroxylation sites is 1. The number of hydrogen-bond donors (Lipinski definition) is 1. The quantitative estimate of drug-likeness (QED) is 0.246. The summed E-state index contributed by atoms with van der Waals surface area (Å²) in [5, 5.41) is 21.4. The molecule has 9 nitrogen and oxygen atoms in total. The highest BCUT2D eigenvalue weighted by Crippen LogP contribution is 2.39. The van der Waals surface area contributed by atoms with Gasteiger partial charge in [0.05, 0.1) is 26.7 Å². The molecular formula is C18H12Cl2N4O5. The monoisotopic (exact) mass is 434 g/mol. The minimum atomic E-state index is -0.962. The van der Waals surface area contributed by atoms with E-state index in [1.165, 1.54) is 18.2 Å². The number of amides is 1. The van der Waals surface area contributed by atoms with Crippen LogP contribution >= 0.6 is 23.2 Å². The molecule has 1 amide bonds. The second kappa shape index (κ2) is 8.72. The third kappa shape index (κ3) is 4.53. The molecule has 148 valence electrons. The fourth-order valence-corrected chi connectivity index (χ4v) is 3.01. The van der Waals surface area contributed by atoms with E-state index in [-0.39, 0.29) is 28.4 Å². The van der Waals surface area contributed by atoms with Crippen molar-refractivity contribution in [1.29, 1.82) is 0 Å². The molecule has 0 saturated carbocycles. The first-order valence-corrected chi connectivity index (χ1v) is 8.79. The molecule has 2 aromatic carbocycles.